The highest BCUT2D eigenvalue weighted by atomic mass is 79.9. The second-order valence-corrected chi connectivity index (χ2v) is 7.07. The van der Waals surface area contributed by atoms with Gasteiger partial charge in [-0.25, -0.2) is 9.59 Å². The quantitative estimate of drug-likeness (QED) is 0.276. The highest BCUT2D eigenvalue weighted by Crippen LogP contribution is 2.36. The summed E-state index contributed by atoms with van der Waals surface area (Å²) in [5.41, 5.74) is 0.494. The van der Waals surface area contributed by atoms with E-state index in [1.165, 1.54) is 32.4 Å². The third kappa shape index (κ3) is 4.73. The summed E-state index contributed by atoms with van der Waals surface area (Å²) >= 11 is 3.37. The minimum Gasteiger partial charge on any atom is -0.493 e. The van der Waals surface area contributed by atoms with Crippen molar-refractivity contribution in [1.29, 1.82) is 0 Å². The number of carbonyl (C=O) groups excluding carboxylic acids is 3. The molecule has 1 saturated heterocycles. The zero-order chi connectivity index (χ0) is 22.5. The fourth-order valence-electron chi connectivity index (χ4n) is 2.82. The molecule has 9 nitrogen and oxygen atoms in total. The van der Waals surface area contributed by atoms with Crippen LogP contribution in [0.2, 0.25) is 0 Å². The van der Waals surface area contributed by atoms with Crippen LogP contribution < -0.4 is 14.8 Å². The summed E-state index contributed by atoms with van der Waals surface area (Å²) in [5.74, 6) is 2.06. The average Bonchev–Trinajstić information content (AvgIpc) is 3.32. The maximum atomic E-state index is 12.8. The van der Waals surface area contributed by atoms with Gasteiger partial charge in [-0.2, -0.15) is 0 Å². The minimum absolute atomic E-state index is 0.0123. The number of amides is 3. The Bertz CT molecular complexity index is 1110. The topological polar surface area (TPSA) is 107 Å². The van der Waals surface area contributed by atoms with Crippen LogP contribution in [0.3, 0.4) is 0 Å². The number of furan rings is 1. The molecule has 0 radical (unpaired) electrons. The molecule has 10 heteroatoms. The van der Waals surface area contributed by atoms with E-state index in [4.69, 9.17) is 20.3 Å². The summed E-state index contributed by atoms with van der Waals surface area (Å²) in [4.78, 5) is 37.6. The maximum Gasteiger partial charge on any atom is 0.373 e. The van der Waals surface area contributed by atoms with Crippen molar-refractivity contribution >= 4 is 39.9 Å². The lowest BCUT2D eigenvalue weighted by molar-refractivity contribution is -0.123. The first-order chi connectivity index (χ1) is 14.9. The Hall–Kier alpha value is -3.71. The van der Waals surface area contributed by atoms with Crippen molar-refractivity contribution in [3.8, 4) is 23.8 Å². The third-order valence-electron chi connectivity index (χ3n) is 4.19. The Morgan fingerprint density at radius 2 is 2.10 bits per heavy atom. The van der Waals surface area contributed by atoms with Crippen molar-refractivity contribution in [2.45, 2.75) is 6.54 Å². The lowest BCUT2D eigenvalue weighted by atomic mass is 10.1. The monoisotopic (exact) mass is 488 g/mol. The van der Waals surface area contributed by atoms with E-state index in [2.05, 4.69) is 31.9 Å². The fourth-order valence-corrected chi connectivity index (χ4v) is 3.27. The molecule has 2 aromatic rings. The molecular formula is C21H17BrN2O7. The van der Waals surface area contributed by atoms with Crippen molar-refractivity contribution in [3.05, 3.63) is 51.5 Å². The molecule has 1 aliphatic heterocycles. The summed E-state index contributed by atoms with van der Waals surface area (Å²) < 4.78 is 21.5. The van der Waals surface area contributed by atoms with E-state index in [-0.39, 0.29) is 30.4 Å². The second kappa shape index (κ2) is 9.40. The molecule has 31 heavy (non-hydrogen) atoms. The van der Waals surface area contributed by atoms with Crippen molar-refractivity contribution < 1.29 is 33.0 Å². The number of nitrogens with one attached hydrogen (secondary N) is 1. The number of methoxy groups -OCH3 is 2. The molecule has 160 valence electrons. The summed E-state index contributed by atoms with van der Waals surface area (Å²) in [7, 11) is 2.69. The molecule has 3 rings (SSSR count). The maximum absolute atomic E-state index is 12.8. The van der Waals surface area contributed by atoms with E-state index in [1.54, 1.807) is 12.1 Å². The zero-order valence-electron chi connectivity index (χ0n) is 16.6. The molecule has 2 heterocycles. The van der Waals surface area contributed by atoms with Crippen LogP contribution in [-0.2, 0) is 16.1 Å². The van der Waals surface area contributed by atoms with E-state index in [9.17, 15) is 14.4 Å². The van der Waals surface area contributed by atoms with Gasteiger partial charge in [0.05, 0.1) is 20.8 Å². The van der Waals surface area contributed by atoms with E-state index >= 15 is 0 Å². The Morgan fingerprint density at radius 1 is 1.32 bits per heavy atom. The first kappa shape index (κ1) is 22.0. The van der Waals surface area contributed by atoms with Gasteiger partial charge in [-0.05, 0) is 30.3 Å². The van der Waals surface area contributed by atoms with E-state index in [1.807, 2.05) is 0 Å². The van der Waals surface area contributed by atoms with Crippen molar-refractivity contribution in [2.75, 3.05) is 20.8 Å². The van der Waals surface area contributed by atoms with Crippen LogP contribution in [-0.4, -0.2) is 43.6 Å². The van der Waals surface area contributed by atoms with Gasteiger partial charge in [0, 0.05) is 10.0 Å². The first-order valence-electron chi connectivity index (χ1n) is 8.83. The number of rotatable bonds is 7. The smallest absolute Gasteiger partial charge is 0.373 e. The number of terminal acetylenes is 1. The fraction of sp³-hybridized carbons (Fsp3) is 0.190. The van der Waals surface area contributed by atoms with Gasteiger partial charge >= 0.3 is 12.0 Å². The lowest BCUT2D eigenvalue weighted by Gasteiger charge is -2.13. The molecule has 0 bridgehead atoms. The van der Waals surface area contributed by atoms with E-state index < -0.39 is 17.9 Å². The largest absolute Gasteiger partial charge is 0.493 e. The van der Waals surface area contributed by atoms with Crippen molar-refractivity contribution in [1.82, 2.24) is 10.2 Å². The number of benzene rings is 1. The van der Waals surface area contributed by atoms with Crippen LogP contribution in [0.25, 0.3) is 6.08 Å². The van der Waals surface area contributed by atoms with Gasteiger partial charge in [-0.1, -0.05) is 21.9 Å². The number of nitrogens with zero attached hydrogens (tertiary/aromatic N) is 1. The van der Waals surface area contributed by atoms with Crippen LogP contribution in [0.5, 0.6) is 11.5 Å². The van der Waals surface area contributed by atoms with Crippen molar-refractivity contribution in [3.63, 3.8) is 0 Å². The lowest BCUT2D eigenvalue weighted by Crippen LogP contribution is -2.30. The minimum atomic E-state index is -0.660. The van der Waals surface area contributed by atoms with Gasteiger partial charge in [-0.15, -0.1) is 6.42 Å². The van der Waals surface area contributed by atoms with E-state index in [0.29, 0.717) is 21.5 Å². The molecule has 0 saturated carbocycles. The molecule has 1 fully saturated rings. The standard InChI is InChI=1S/C21H17BrN2O7/c1-4-7-30-18-12(8-13(22)10-17(18)28-2)9-15-19(25)24(21(27)23-15)11-14-5-6-16(31-14)20(26)29-3/h1,5-6,8-10H,7,11H2,2-3H3,(H,23,27). The molecule has 1 aromatic carbocycles. The van der Waals surface area contributed by atoms with E-state index in [0.717, 1.165) is 4.90 Å². The zero-order valence-corrected chi connectivity index (χ0v) is 18.1. The Balaban J connectivity index is 1.88. The summed E-state index contributed by atoms with van der Waals surface area (Å²) in [6.07, 6.45) is 6.74. The van der Waals surface area contributed by atoms with Gasteiger partial charge < -0.3 is 23.9 Å². The second-order valence-electron chi connectivity index (χ2n) is 6.16. The van der Waals surface area contributed by atoms with Crippen molar-refractivity contribution in [2.24, 2.45) is 0 Å². The highest BCUT2D eigenvalue weighted by Gasteiger charge is 2.34. The van der Waals surface area contributed by atoms with Crippen LogP contribution in [0.4, 0.5) is 4.79 Å². The molecule has 1 N–H and O–H groups in total. The van der Waals surface area contributed by atoms with Gasteiger partial charge in [0.1, 0.15) is 18.1 Å². The summed E-state index contributed by atoms with van der Waals surface area (Å²) in [6, 6.07) is 5.63. The Kier molecular flexibility index (Phi) is 6.67. The van der Waals surface area contributed by atoms with Crippen LogP contribution in [0.1, 0.15) is 21.9 Å². The summed E-state index contributed by atoms with van der Waals surface area (Å²) in [5, 5.41) is 2.52. The van der Waals surface area contributed by atoms with Crippen LogP contribution >= 0.6 is 15.9 Å². The average molecular weight is 489 g/mol. The number of urea groups is 1. The van der Waals surface area contributed by atoms with Gasteiger partial charge in [0.25, 0.3) is 5.91 Å². The first-order valence-corrected chi connectivity index (χ1v) is 9.62. The predicted molar refractivity (Wildman–Crippen MR) is 112 cm³/mol. The normalized spacial score (nSPS) is 14.4. The number of imide groups is 1. The van der Waals surface area contributed by atoms with Gasteiger partial charge in [-0.3, -0.25) is 9.69 Å². The molecule has 1 aliphatic rings. The number of carbonyl (C=O) groups is 3. The number of ether oxygens (including phenoxy) is 3. The SMILES string of the molecule is C#CCOc1c(C=C2NC(=O)N(Cc3ccc(C(=O)OC)o3)C2=O)cc(Br)cc1OC. The molecule has 0 unspecified atom stereocenters. The number of halogens is 1. The number of hydrogen-bond acceptors (Lipinski definition) is 7. The third-order valence-corrected chi connectivity index (χ3v) is 4.65. The van der Waals surface area contributed by atoms with Gasteiger partial charge in [0.2, 0.25) is 5.76 Å². The molecule has 0 aliphatic carbocycles. The van der Waals surface area contributed by atoms with Gasteiger partial charge in [0.15, 0.2) is 11.5 Å². The molecule has 1 aromatic heterocycles. The predicted octanol–water partition coefficient (Wildman–Crippen LogP) is 2.94. The van der Waals surface area contributed by atoms with Crippen LogP contribution in [0.15, 0.2) is 38.9 Å². The number of hydrogen-bond donors (Lipinski definition) is 1. The molecule has 0 atom stereocenters. The molecule has 0 spiro atoms. The molecular weight excluding hydrogens is 472 g/mol. The molecule has 3 amide bonds. The Labute approximate surface area is 186 Å². The Morgan fingerprint density at radius 3 is 2.77 bits per heavy atom. The van der Waals surface area contributed by atoms with Crippen LogP contribution in [0, 0.1) is 12.3 Å². The highest BCUT2D eigenvalue weighted by molar-refractivity contribution is 9.10. The summed E-state index contributed by atoms with van der Waals surface area (Å²) in [6.45, 7) is -0.178. The number of esters is 1.